The van der Waals surface area contributed by atoms with Crippen LogP contribution in [0, 0.1) is 0 Å². The van der Waals surface area contributed by atoms with Crippen LogP contribution in [0.5, 0.6) is 0 Å². The predicted octanol–water partition coefficient (Wildman–Crippen LogP) is 0.905. The smallest absolute Gasteiger partial charge is 0.276 e. The zero-order valence-electron chi connectivity index (χ0n) is 5.39. The van der Waals surface area contributed by atoms with Gasteiger partial charge in [-0.15, -0.1) is 0 Å². The molecular weight excluding hydrogens is 166 g/mol. The van der Waals surface area contributed by atoms with Crippen molar-refractivity contribution in [2.45, 2.75) is 0 Å². The maximum Gasteiger partial charge on any atom is 0.276 e. The highest BCUT2D eigenvalue weighted by molar-refractivity contribution is 6.29. The number of aromatic nitrogens is 3. The Labute approximate surface area is 66.2 Å². The van der Waals surface area contributed by atoms with Crippen LogP contribution in [-0.2, 0) is 0 Å². The van der Waals surface area contributed by atoms with E-state index in [0.717, 1.165) is 0 Å². The fraction of sp³-hybridized carbons (Fsp3) is 0. The van der Waals surface area contributed by atoms with Crippen molar-refractivity contribution < 1.29 is 0 Å². The molecule has 0 spiro atoms. The van der Waals surface area contributed by atoms with E-state index >= 15 is 0 Å². The molecule has 11 heavy (non-hydrogen) atoms. The summed E-state index contributed by atoms with van der Waals surface area (Å²) in [5.41, 5.74) is 0.766. The van der Waals surface area contributed by atoms with Crippen LogP contribution in [0.3, 0.4) is 0 Å². The summed E-state index contributed by atoms with van der Waals surface area (Å²) in [5.74, 6) is 0. The van der Waals surface area contributed by atoms with Crippen molar-refractivity contribution in [3.8, 4) is 0 Å². The van der Waals surface area contributed by atoms with Gasteiger partial charge in [0.25, 0.3) is 5.56 Å². The quantitative estimate of drug-likeness (QED) is 0.616. The minimum Gasteiger partial charge on any atom is -0.328 e. The van der Waals surface area contributed by atoms with Crippen molar-refractivity contribution in [2.24, 2.45) is 0 Å². The zero-order chi connectivity index (χ0) is 7.84. The predicted molar refractivity (Wildman–Crippen MR) is 41.7 cm³/mol. The van der Waals surface area contributed by atoms with Crippen LogP contribution in [0.4, 0.5) is 0 Å². The molecule has 2 rings (SSSR count). The molecule has 0 aliphatic rings. The van der Waals surface area contributed by atoms with Crippen LogP contribution in [0.15, 0.2) is 17.1 Å². The number of rotatable bonds is 0. The molecule has 0 atom stereocenters. The number of nitrogens with one attached hydrogen (secondary N) is 2. The molecule has 2 heterocycles. The Bertz CT molecular complexity index is 444. The molecule has 4 nitrogen and oxygen atoms in total. The molecule has 0 fully saturated rings. The third-order valence-electron chi connectivity index (χ3n) is 1.38. The molecule has 0 radical (unpaired) electrons. The Hall–Kier alpha value is -1.29. The van der Waals surface area contributed by atoms with Gasteiger partial charge in [-0.05, 0) is 17.7 Å². The van der Waals surface area contributed by atoms with Gasteiger partial charge in [-0.25, -0.2) is 4.98 Å². The van der Waals surface area contributed by atoms with Crippen LogP contribution in [0.2, 0.25) is 5.28 Å². The summed E-state index contributed by atoms with van der Waals surface area (Å²) in [6, 6.07) is 1.70. The van der Waals surface area contributed by atoms with Gasteiger partial charge in [0.1, 0.15) is 0 Å². The van der Waals surface area contributed by atoms with Gasteiger partial charge in [0.2, 0.25) is 5.28 Å². The summed E-state index contributed by atoms with van der Waals surface area (Å²) in [5, 5.41) is 0.233. The van der Waals surface area contributed by atoms with E-state index in [1.165, 1.54) is 0 Å². The Morgan fingerprint density at radius 1 is 1.55 bits per heavy atom. The molecule has 0 unspecified atom stereocenters. The average molecular weight is 170 g/mol. The normalized spacial score (nSPS) is 10.6. The summed E-state index contributed by atoms with van der Waals surface area (Å²) >= 11 is 5.54. The first kappa shape index (κ1) is 6.42. The summed E-state index contributed by atoms with van der Waals surface area (Å²) in [7, 11) is 0. The van der Waals surface area contributed by atoms with Crippen molar-refractivity contribution in [1.82, 2.24) is 15.0 Å². The monoisotopic (exact) mass is 169 g/mol. The first-order valence-corrected chi connectivity index (χ1v) is 3.38. The van der Waals surface area contributed by atoms with Crippen molar-refractivity contribution in [3.05, 3.63) is 27.9 Å². The number of aromatic amines is 2. The summed E-state index contributed by atoms with van der Waals surface area (Å²) < 4.78 is 0. The number of pyridine rings is 1. The van der Waals surface area contributed by atoms with Crippen LogP contribution >= 0.6 is 11.6 Å². The van der Waals surface area contributed by atoms with Gasteiger partial charge in [0.15, 0.2) is 5.52 Å². The number of halogens is 1. The van der Waals surface area contributed by atoms with Gasteiger partial charge in [-0.2, -0.15) is 0 Å². The van der Waals surface area contributed by atoms with Gasteiger partial charge >= 0.3 is 0 Å². The lowest BCUT2D eigenvalue weighted by atomic mass is 10.4. The number of hydrogen-bond acceptors (Lipinski definition) is 2. The second-order valence-electron chi connectivity index (χ2n) is 2.10. The van der Waals surface area contributed by atoms with E-state index in [1.807, 2.05) is 0 Å². The highest BCUT2D eigenvalue weighted by atomic mass is 35.5. The molecule has 2 aromatic heterocycles. The van der Waals surface area contributed by atoms with Crippen LogP contribution in [0.25, 0.3) is 11.0 Å². The van der Waals surface area contributed by atoms with Crippen LogP contribution in [0.1, 0.15) is 0 Å². The topological polar surface area (TPSA) is 61.5 Å². The first-order valence-electron chi connectivity index (χ1n) is 3.00. The van der Waals surface area contributed by atoms with Crippen LogP contribution < -0.4 is 5.56 Å². The van der Waals surface area contributed by atoms with E-state index in [4.69, 9.17) is 11.6 Å². The van der Waals surface area contributed by atoms with E-state index < -0.39 is 0 Å². The number of imidazole rings is 1. The van der Waals surface area contributed by atoms with Crippen LogP contribution in [-0.4, -0.2) is 15.0 Å². The molecule has 5 heteroatoms. The summed E-state index contributed by atoms with van der Waals surface area (Å²) in [6.07, 6.45) is 1.54. The average Bonchev–Trinajstić information content (AvgIpc) is 2.31. The Kier molecular flexibility index (Phi) is 1.22. The van der Waals surface area contributed by atoms with Gasteiger partial charge in [0.05, 0.1) is 5.52 Å². The highest BCUT2D eigenvalue weighted by Crippen LogP contribution is 2.08. The minimum atomic E-state index is -0.231. The third kappa shape index (κ3) is 0.914. The molecule has 0 aliphatic heterocycles. The highest BCUT2D eigenvalue weighted by Gasteiger charge is 2.01. The Balaban J connectivity index is 3.02. The lowest BCUT2D eigenvalue weighted by Gasteiger charge is -1.82. The third-order valence-corrected chi connectivity index (χ3v) is 1.56. The number of hydrogen-bond donors (Lipinski definition) is 2. The lowest BCUT2D eigenvalue weighted by Crippen LogP contribution is -2.03. The van der Waals surface area contributed by atoms with E-state index in [1.54, 1.807) is 12.3 Å². The largest absolute Gasteiger partial charge is 0.328 e. The fourth-order valence-electron chi connectivity index (χ4n) is 0.919. The molecule has 0 aromatic carbocycles. The molecule has 0 bridgehead atoms. The van der Waals surface area contributed by atoms with E-state index in [9.17, 15) is 4.79 Å². The number of nitrogens with zero attached hydrogens (tertiary/aromatic N) is 1. The zero-order valence-corrected chi connectivity index (χ0v) is 6.14. The van der Waals surface area contributed by atoms with E-state index in [-0.39, 0.29) is 10.8 Å². The molecule has 2 aromatic rings. The van der Waals surface area contributed by atoms with E-state index in [2.05, 4.69) is 15.0 Å². The van der Waals surface area contributed by atoms with E-state index in [0.29, 0.717) is 11.0 Å². The Morgan fingerprint density at radius 3 is 3.09 bits per heavy atom. The molecule has 0 aliphatic carbocycles. The second-order valence-corrected chi connectivity index (χ2v) is 2.45. The first-order chi connectivity index (χ1) is 5.27. The van der Waals surface area contributed by atoms with Crippen molar-refractivity contribution in [2.75, 3.05) is 0 Å². The maximum absolute atomic E-state index is 11.0. The molecule has 0 saturated carbocycles. The van der Waals surface area contributed by atoms with Gasteiger partial charge in [0, 0.05) is 6.20 Å². The van der Waals surface area contributed by atoms with Gasteiger partial charge in [-0.3, -0.25) is 4.79 Å². The SMILES string of the molecule is O=c1[nH]ccc2[nH]c(Cl)nc12. The molecule has 0 amide bonds. The maximum atomic E-state index is 11.0. The number of fused-ring (bicyclic) bond motifs is 1. The number of H-pyrrole nitrogens is 2. The van der Waals surface area contributed by atoms with Crippen molar-refractivity contribution in [3.63, 3.8) is 0 Å². The minimum absolute atomic E-state index is 0.231. The molecule has 0 saturated heterocycles. The van der Waals surface area contributed by atoms with Crippen molar-refractivity contribution >= 4 is 22.6 Å². The molecule has 56 valence electrons. The lowest BCUT2D eigenvalue weighted by molar-refractivity contribution is 1.25. The second kappa shape index (κ2) is 2.10. The summed E-state index contributed by atoms with van der Waals surface area (Å²) in [4.78, 5) is 20.0. The van der Waals surface area contributed by atoms with Gasteiger partial charge in [-0.1, -0.05) is 0 Å². The van der Waals surface area contributed by atoms with Crippen molar-refractivity contribution in [1.29, 1.82) is 0 Å². The standard InChI is InChI=1S/C6H4ClN3O/c7-6-9-3-1-2-8-5(11)4(3)10-6/h1-2H,(H,8,11)(H,9,10). The fourth-order valence-corrected chi connectivity index (χ4v) is 1.11. The summed E-state index contributed by atoms with van der Waals surface area (Å²) in [6.45, 7) is 0. The molecule has 2 N–H and O–H groups in total. The molecular formula is C6H4ClN3O. The van der Waals surface area contributed by atoms with Gasteiger partial charge < -0.3 is 9.97 Å². The Morgan fingerprint density at radius 2 is 2.36 bits per heavy atom.